The van der Waals surface area contributed by atoms with E-state index in [0.29, 0.717) is 12.1 Å². The third kappa shape index (κ3) is 6.54. The third-order valence-electron chi connectivity index (χ3n) is 4.40. The molecule has 5 nitrogen and oxygen atoms in total. The van der Waals surface area contributed by atoms with Crippen LogP contribution >= 0.6 is 69.6 Å². The number of aliphatic imine (C=N–C) groups is 2. The normalized spacial score (nSPS) is 19.6. The number of nitrogens with one attached hydrogen (secondary N) is 2. The van der Waals surface area contributed by atoms with Gasteiger partial charge < -0.3 is 10.6 Å². The molecule has 1 aliphatic heterocycles. The van der Waals surface area contributed by atoms with Gasteiger partial charge in [0.15, 0.2) is 5.84 Å². The van der Waals surface area contributed by atoms with Gasteiger partial charge in [0.2, 0.25) is 7.59 Å². The second-order valence-corrected chi connectivity index (χ2v) is 11.3. The van der Waals surface area contributed by atoms with Crippen molar-refractivity contribution in [3.8, 4) is 0 Å². The van der Waals surface area contributed by atoms with E-state index in [2.05, 4.69) is 27.5 Å². The summed E-state index contributed by atoms with van der Waals surface area (Å²) in [6.45, 7) is 2.52. The molecule has 0 spiro atoms. The summed E-state index contributed by atoms with van der Waals surface area (Å²) in [6.07, 6.45) is 5.11. The van der Waals surface area contributed by atoms with Crippen LogP contribution in [0.25, 0.3) is 0 Å². The van der Waals surface area contributed by atoms with E-state index >= 15 is 0 Å². The first kappa shape index (κ1) is 25.8. The minimum Gasteiger partial charge on any atom is -0.352 e. The van der Waals surface area contributed by atoms with E-state index in [4.69, 9.17) is 69.6 Å². The van der Waals surface area contributed by atoms with Crippen molar-refractivity contribution in [3.05, 3.63) is 35.9 Å². The van der Waals surface area contributed by atoms with E-state index in [9.17, 15) is 4.79 Å². The molecule has 0 saturated heterocycles. The summed E-state index contributed by atoms with van der Waals surface area (Å²) in [7, 11) is 0. The zero-order valence-corrected chi connectivity index (χ0v) is 20.7. The fourth-order valence-corrected chi connectivity index (χ4v) is 3.58. The van der Waals surface area contributed by atoms with Crippen LogP contribution in [0.1, 0.15) is 44.6 Å². The zero-order valence-electron chi connectivity index (χ0n) is 16.2. The zero-order chi connectivity index (χ0) is 22.4. The summed E-state index contributed by atoms with van der Waals surface area (Å²) in [4.78, 5) is 21.6. The van der Waals surface area contributed by atoms with Gasteiger partial charge in [-0.1, -0.05) is 133 Å². The Morgan fingerprint density at radius 3 is 2.23 bits per heavy atom. The van der Waals surface area contributed by atoms with Crippen LogP contribution in [0.3, 0.4) is 0 Å². The smallest absolute Gasteiger partial charge is 0.273 e. The maximum atomic E-state index is 13.2. The van der Waals surface area contributed by atoms with Gasteiger partial charge in [-0.2, -0.15) is 0 Å². The van der Waals surface area contributed by atoms with Crippen molar-refractivity contribution in [2.24, 2.45) is 9.98 Å². The fraction of sp³-hybridized carbons (Fsp3) is 0.526. The van der Waals surface area contributed by atoms with E-state index < -0.39 is 19.2 Å². The van der Waals surface area contributed by atoms with E-state index in [-0.39, 0.29) is 11.7 Å². The van der Waals surface area contributed by atoms with Gasteiger partial charge >= 0.3 is 0 Å². The fourth-order valence-electron chi connectivity index (χ4n) is 2.81. The molecule has 0 fully saturated rings. The molecule has 1 aliphatic rings. The van der Waals surface area contributed by atoms with Gasteiger partial charge in [0, 0.05) is 12.1 Å². The molecule has 0 bridgehead atoms. The van der Waals surface area contributed by atoms with Crippen LogP contribution in [0.15, 0.2) is 40.3 Å². The average molecular weight is 535 g/mol. The molecule has 0 radical (unpaired) electrons. The molecule has 11 heteroatoms. The Balaban J connectivity index is 2.36. The van der Waals surface area contributed by atoms with Crippen LogP contribution in [0.4, 0.5) is 0 Å². The molecular formula is C19H22Cl6N4O. The minimum atomic E-state index is -2.21. The highest BCUT2D eigenvalue weighted by Crippen LogP contribution is 2.43. The molecule has 166 valence electrons. The number of hydrogen-bond acceptors (Lipinski definition) is 4. The minimum absolute atomic E-state index is 0.191. The first-order valence-electron chi connectivity index (χ1n) is 9.45. The number of halogens is 6. The molecule has 1 aromatic rings. The lowest BCUT2D eigenvalue weighted by Crippen LogP contribution is -2.67. The number of carbonyl (C=O) groups is 1. The van der Waals surface area contributed by atoms with Crippen LogP contribution in [0.5, 0.6) is 0 Å². The second-order valence-electron chi connectivity index (χ2n) is 6.76. The Morgan fingerprint density at radius 1 is 1.03 bits per heavy atom. The van der Waals surface area contributed by atoms with Gasteiger partial charge in [-0.3, -0.25) is 4.79 Å². The molecule has 1 heterocycles. The lowest BCUT2D eigenvalue weighted by Gasteiger charge is -2.39. The van der Waals surface area contributed by atoms with Gasteiger partial charge in [0.05, 0.1) is 0 Å². The number of carbonyl (C=O) groups excluding carboxylic acids is 1. The molecular weight excluding hydrogens is 513 g/mol. The SMILES string of the molecule is CCCCCCCNC(=O)C1(C(Cl)(Cl)Cl)N=C(C(Cl)(Cl)Cl)N=C(c2ccccc2)N1. The summed E-state index contributed by atoms with van der Waals surface area (Å²) in [5, 5.41) is 5.64. The first-order chi connectivity index (χ1) is 14.0. The summed E-state index contributed by atoms with van der Waals surface area (Å²) in [5.41, 5.74) is -1.47. The number of rotatable bonds is 8. The van der Waals surface area contributed by atoms with Crippen LogP contribution in [-0.4, -0.2) is 37.4 Å². The quantitative estimate of drug-likeness (QED) is 0.319. The predicted molar refractivity (Wildman–Crippen MR) is 129 cm³/mol. The van der Waals surface area contributed by atoms with Crippen molar-refractivity contribution >= 4 is 87.2 Å². The number of alkyl halides is 6. The number of nitrogens with zero attached hydrogens (tertiary/aromatic N) is 2. The molecule has 2 rings (SSSR count). The lowest BCUT2D eigenvalue weighted by molar-refractivity contribution is -0.126. The maximum Gasteiger partial charge on any atom is 0.273 e. The monoisotopic (exact) mass is 532 g/mol. The van der Waals surface area contributed by atoms with Crippen LogP contribution in [0.2, 0.25) is 0 Å². The average Bonchev–Trinajstić information content (AvgIpc) is 2.69. The van der Waals surface area contributed by atoms with Crippen molar-refractivity contribution in [1.29, 1.82) is 0 Å². The van der Waals surface area contributed by atoms with E-state index in [0.717, 1.165) is 32.1 Å². The topological polar surface area (TPSA) is 65.8 Å². The summed E-state index contributed by atoms with van der Waals surface area (Å²) in [5.74, 6) is -0.737. The highest BCUT2D eigenvalue weighted by molar-refractivity contribution is 6.77. The number of unbranched alkanes of at least 4 members (excludes halogenated alkanes) is 4. The van der Waals surface area contributed by atoms with Crippen molar-refractivity contribution in [2.75, 3.05) is 6.54 Å². The number of amidine groups is 2. The van der Waals surface area contributed by atoms with Gasteiger partial charge in [0.25, 0.3) is 11.6 Å². The Kier molecular flexibility index (Phi) is 9.41. The van der Waals surface area contributed by atoms with Crippen molar-refractivity contribution in [3.63, 3.8) is 0 Å². The van der Waals surface area contributed by atoms with E-state index in [1.807, 2.05) is 6.07 Å². The first-order valence-corrected chi connectivity index (χ1v) is 11.7. The van der Waals surface area contributed by atoms with Gasteiger partial charge in [0.1, 0.15) is 5.84 Å². The number of amides is 1. The molecule has 1 amide bonds. The number of benzene rings is 1. The summed E-state index contributed by atoms with van der Waals surface area (Å²) >= 11 is 36.8. The van der Waals surface area contributed by atoms with Crippen LogP contribution in [0, 0.1) is 0 Å². The largest absolute Gasteiger partial charge is 0.352 e. The van der Waals surface area contributed by atoms with Crippen LogP contribution < -0.4 is 10.6 Å². The third-order valence-corrected chi connectivity index (χ3v) is 5.72. The Morgan fingerprint density at radius 2 is 1.67 bits per heavy atom. The molecule has 0 aliphatic carbocycles. The van der Waals surface area contributed by atoms with Crippen molar-refractivity contribution in [1.82, 2.24) is 10.6 Å². The molecule has 2 N–H and O–H groups in total. The van der Waals surface area contributed by atoms with Crippen LogP contribution in [-0.2, 0) is 4.79 Å². The van der Waals surface area contributed by atoms with E-state index in [1.165, 1.54) is 0 Å². The molecule has 1 unspecified atom stereocenters. The Bertz CT molecular complexity index is 788. The van der Waals surface area contributed by atoms with Gasteiger partial charge in [-0.05, 0) is 6.42 Å². The summed E-state index contributed by atoms with van der Waals surface area (Å²) < 4.78 is -4.25. The van der Waals surface area contributed by atoms with Crippen molar-refractivity contribution in [2.45, 2.75) is 52.3 Å². The standard InChI is InChI=1S/C19H22Cl6N4O/c1-2-3-4-5-9-12-26-16(30)17(19(23,24)25)28-14(13-10-7-6-8-11-13)27-15(29-17)18(20,21)22/h6-8,10-11H,2-5,9,12H2,1H3,(H,26,30)(H,27,28,29). The molecule has 1 atom stereocenters. The molecule has 0 saturated carbocycles. The predicted octanol–water partition coefficient (Wildman–Crippen LogP) is 5.96. The highest BCUT2D eigenvalue weighted by atomic mass is 35.6. The van der Waals surface area contributed by atoms with Gasteiger partial charge in [-0.15, -0.1) is 0 Å². The summed E-state index contributed by atoms with van der Waals surface area (Å²) in [6, 6.07) is 8.90. The van der Waals surface area contributed by atoms with Crippen molar-refractivity contribution < 1.29 is 4.79 Å². The van der Waals surface area contributed by atoms with E-state index in [1.54, 1.807) is 24.3 Å². The Labute approximate surface area is 206 Å². The van der Waals surface area contributed by atoms with Gasteiger partial charge in [-0.25, -0.2) is 9.98 Å². The molecule has 1 aromatic carbocycles. The highest BCUT2D eigenvalue weighted by Gasteiger charge is 2.58. The molecule has 0 aromatic heterocycles. The second kappa shape index (κ2) is 10.9. The Hall–Kier alpha value is -0.430. The maximum absolute atomic E-state index is 13.2. The molecule has 30 heavy (non-hydrogen) atoms. The number of hydrogen-bond donors (Lipinski definition) is 2. The lowest BCUT2D eigenvalue weighted by atomic mass is 10.1.